The molecule has 0 unspecified atom stereocenters. The molecule has 234 valence electrons. The Kier molecular flexibility index (Phi) is 7.32. The van der Waals surface area contributed by atoms with E-state index in [-0.39, 0.29) is 0 Å². The molecule has 0 aliphatic rings. The summed E-state index contributed by atoms with van der Waals surface area (Å²) in [5.74, 6) is 0. The van der Waals surface area contributed by atoms with Crippen molar-refractivity contribution in [3.63, 3.8) is 0 Å². The number of hydrogen-bond acceptors (Lipinski definition) is 4. The van der Waals surface area contributed by atoms with Gasteiger partial charge in [-0.3, -0.25) is 0 Å². The lowest BCUT2D eigenvalue weighted by Gasteiger charge is -2.43. The van der Waals surface area contributed by atoms with Gasteiger partial charge in [0.1, 0.15) is 23.4 Å². The number of benzene rings is 8. The van der Waals surface area contributed by atoms with Gasteiger partial charge in [-0.05, 0) is 89.6 Å². The fraction of sp³-hybridized carbons (Fsp3) is 0.0909. The second-order valence-corrected chi connectivity index (χ2v) is 12.7. The van der Waals surface area contributed by atoms with E-state index in [9.17, 15) is 20.4 Å². The van der Waals surface area contributed by atoms with Crippen LogP contribution >= 0.6 is 0 Å². The summed E-state index contributed by atoms with van der Waals surface area (Å²) in [5, 5.41) is 58.4. The van der Waals surface area contributed by atoms with Crippen molar-refractivity contribution in [3.05, 3.63) is 192 Å². The summed E-state index contributed by atoms with van der Waals surface area (Å²) in [7, 11) is 0. The molecule has 0 spiro atoms. The van der Waals surface area contributed by atoms with Crippen molar-refractivity contribution < 1.29 is 20.4 Å². The summed E-state index contributed by atoms with van der Waals surface area (Å²) in [4.78, 5) is 0. The highest BCUT2D eigenvalue weighted by Crippen LogP contribution is 2.44. The summed E-state index contributed by atoms with van der Waals surface area (Å²) in [5.41, 5.74) is -2.70. The van der Waals surface area contributed by atoms with Crippen LogP contribution in [0.4, 0.5) is 0 Å². The van der Waals surface area contributed by atoms with Gasteiger partial charge in [0, 0.05) is 0 Å². The van der Waals surface area contributed by atoms with Gasteiger partial charge in [0.05, 0.1) is 0 Å². The minimum atomic E-state index is -2.13. The predicted molar refractivity (Wildman–Crippen MR) is 194 cm³/mol. The minimum Gasteiger partial charge on any atom is -0.387 e. The third kappa shape index (κ3) is 4.86. The molecule has 8 aromatic carbocycles. The smallest absolute Gasteiger partial charge is 0.143 e. The molecule has 0 aromatic heterocycles. The van der Waals surface area contributed by atoms with Crippen LogP contribution in [0.5, 0.6) is 0 Å². The number of aliphatic hydroxyl groups excluding tert-OH is 2. The topological polar surface area (TPSA) is 80.9 Å². The summed E-state index contributed by atoms with van der Waals surface area (Å²) < 4.78 is 0. The standard InChI is InChI=1S/C44H34O4/c45-41(43(47,37-21-17-29-9-1-5-13-33(29)25-37)38-22-18-30-10-2-6-14-34(30)26-38)42(46)44(48,39-23-19-31-11-3-7-15-35(31)27-39)40-24-20-32-12-4-8-16-36(32)28-40/h1-28,41-42,45-48H/t41-,42-/m0/s1. The Balaban J connectivity index is 1.35. The van der Waals surface area contributed by atoms with Crippen LogP contribution in [-0.2, 0) is 11.2 Å². The number of aliphatic hydroxyl groups is 4. The molecule has 48 heavy (non-hydrogen) atoms. The Morgan fingerprint density at radius 1 is 0.292 bits per heavy atom. The zero-order chi connectivity index (χ0) is 32.9. The molecule has 0 saturated heterocycles. The molecule has 0 radical (unpaired) electrons. The molecule has 8 aromatic rings. The van der Waals surface area contributed by atoms with Crippen LogP contribution in [0.25, 0.3) is 43.1 Å². The molecule has 4 N–H and O–H groups in total. The van der Waals surface area contributed by atoms with E-state index in [0.717, 1.165) is 43.1 Å². The van der Waals surface area contributed by atoms with Crippen molar-refractivity contribution in [2.45, 2.75) is 23.4 Å². The molecule has 8 rings (SSSR count). The fourth-order valence-corrected chi connectivity index (χ4v) is 7.18. The summed E-state index contributed by atoms with van der Waals surface area (Å²) in [6.07, 6.45) is -3.77. The van der Waals surface area contributed by atoms with Crippen molar-refractivity contribution in [2.24, 2.45) is 0 Å². The summed E-state index contributed by atoms with van der Waals surface area (Å²) in [6.45, 7) is 0. The molecule has 0 aliphatic heterocycles. The highest BCUT2D eigenvalue weighted by molar-refractivity contribution is 5.87. The zero-order valence-electron chi connectivity index (χ0n) is 26.1. The zero-order valence-corrected chi connectivity index (χ0v) is 26.1. The lowest BCUT2D eigenvalue weighted by Crippen LogP contribution is -2.56. The van der Waals surface area contributed by atoms with Crippen LogP contribution in [0, 0.1) is 0 Å². The van der Waals surface area contributed by atoms with E-state index >= 15 is 0 Å². The van der Waals surface area contributed by atoms with Crippen molar-refractivity contribution >= 4 is 43.1 Å². The first-order valence-electron chi connectivity index (χ1n) is 16.1. The maximum atomic E-state index is 13.0. The Hall–Kier alpha value is -5.36. The Morgan fingerprint density at radius 2 is 0.500 bits per heavy atom. The van der Waals surface area contributed by atoms with E-state index in [0.29, 0.717) is 22.3 Å². The average molecular weight is 627 g/mol. The molecule has 0 aliphatic carbocycles. The van der Waals surface area contributed by atoms with E-state index in [2.05, 4.69) is 0 Å². The number of hydrogen-bond donors (Lipinski definition) is 4. The van der Waals surface area contributed by atoms with Crippen molar-refractivity contribution in [1.82, 2.24) is 0 Å². The van der Waals surface area contributed by atoms with Gasteiger partial charge in [0.2, 0.25) is 0 Å². The highest BCUT2D eigenvalue weighted by atomic mass is 16.4. The van der Waals surface area contributed by atoms with Crippen LogP contribution in [0.15, 0.2) is 170 Å². The van der Waals surface area contributed by atoms with E-state index in [1.807, 2.05) is 146 Å². The van der Waals surface area contributed by atoms with Crippen molar-refractivity contribution in [1.29, 1.82) is 0 Å². The lowest BCUT2D eigenvalue weighted by atomic mass is 9.71. The molecule has 0 saturated carbocycles. The number of rotatable bonds is 7. The molecular weight excluding hydrogens is 592 g/mol. The van der Waals surface area contributed by atoms with Crippen LogP contribution in [0.3, 0.4) is 0 Å². The first-order valence-corrected chi connectivity index (χ1v) is 16.1. The monoisotopic (exact) mass is 626 g/mol. The second-order valence-electron chi connectivity index (χ2n) is 12.7. The number of fused-ring (bicyclic) bond motifs is 4. The summed E-state index contributed by atoms with van der Waals surface area (Å²) in [6, 6.07) is 53.3. The van der Waals surface area contributed by atoms with Gasteiger partial charge in [-0.2, -0.15) is 0 Å². The summed E-state index contributed by atoms with van der Waals surface area (Å²) >= 11 is 0. The minimum absolute atomic E-state index is 0.391. The van der Waals surface area contributed by atoms with Crippen molar-refractivity contribution in [2.75, 3.05) is 0 Å². The molecular formula is C44H34O4. The van der Waals surface area contributed by atoms with Crippen LogP contribution in [0.2, 0.25) is 0 Å². The van der Waals surface area contributed by atoms with Gasteiger partial charge in [0.15, 0.2) is 0 Å². The quantitative estimate of drug-likeness (QED) is 0.144. The molecule has 0 heterocycles. The average Bonchev–Trinajstić information content (AvgIpc) is 3.15. The Labute approximate surface area is 278 Å². The van der Waals surface area contributed by atoms with Gasteiger partial charge in [-0.25, -0.2) is 0 Å². The largest absolute Gasteiger partial charge is 0.387 e. The van der Waals surface area contributed by atoms with Gasteiger partial charge in [-0.1, -0.05) is 146 Å². The molecule has 4 heteroatoms. The molecule has 2 atom stereocenters. The van der Waals surface area contributed by atoms with Gasteiger partial charge < -0.3 is 20.4 Å². The highest BCUT2D eigenvalue weighted by Gasteiger charge is 2.52. The van der Waals surface area contributed by atoms with Gasteiger partial charge in [0.25, 0.3) is 0 Å². The Bertz CT molecular complexity index is 2120. The third-order valence-corrected chi connectivity index (χ3v) is 9.91. The maximum Gasteiger partial charge on any atom is 0.143 e. The molecule has 4 nitrogen and oxygen atoms in total. The first-order chi connectivity index (χ1) is 23.4. The molecule has 0 bridgehead atoms. The first kappa shape index (κ1) is 30.0. The van der Waals surface area contributed by atoms with Crippen LogP contribution in [0.1, 0.15) is 22.3 Å². The predicted octanol–water partition coefficient (Wildman–Crippen LogP) is 8.19. The van der Waals surface area contributed by atoms with E-state index in [1.54, 1.807) is 24.3 Å². The van der Waals surface area contributed by atoms with E-state index in [4.69, 9.17) is 0 Å². The lowest BCUT2D eigenvalue weighted by molar-refractivity contribution is -0.166. The Morgan fingerprint density at radius 3 is 0.729 bits per heavy atom. The molecule has 0 amide bonds. The fourth-order valence-electron chi connectivity index (χ4n) is 7.18. The van der Waals surface area contributed by atoms with Gasteiger partial charge in [-0.15, -0.1) is 0 Å². The second kappa shape index (κ2) is 11.7. The third-order valence-electron chi connectivity index (χ3n) is 9.91. The van der Waals surface area contributed by atoms with E-state index < -0.39 is 23.4 Å². The van der Waals surface area contributed by atoms with Crippen LogP contribution in [-0.4, -0.2) is 32.6 Å². The maximum absolute atomic E-state index is 13.0. The molecule has 0 fully saturated rings. The van der Waals surface area contributed by atoms with Crippen LogP contribution < -0.4 is 0 Å². The van der Waals surface area contributed by atoms with Gasteiger partial charge >= 0.3 is 0 Å². The SMILES string of the molecule is O[C@@H]([C@H](O)C(O)(c1ccc2ccccc2c1)c1ccc2ccccc2c1)C(O)(c1ccc2ccccc2c1)c1ccc2ccccc2c1. The normalized spacial score (nSPS) is 13.7. The van der Waals surface area contributed by atoms with E-state index in [1.165, 1.54) is 0 Å². The van der Waals surface area contributed by atoms with Crippen molar-refractivity contribution in [3.8, 4) is 0 Å².